The van der Waals surface area contributed by atoms with Crippen molar-refractivity contribution in [2.24, 2.45) is 11.5 Å². The molecule has 5 nitrogen and oxygen atoms in total. The lowest BCUT2D eigenvalue weighted by Crippen LogP contribution is -3.00. The first-order chi connectivity index (χ1) is 9.58. The van der Waals surface area contributed by atoms with E-state index in [9.17, 15) is 0 Å². The molecule has 1 aliphatic rings. The lowest BCUT2D eigenvalue weighted by Gasteiger charge is -2.22. The highest BCUT2D eigenvalue weighted by atomic mass is 35.5. The Balaban J connectivity index is 0.00000161. The van der Waals surface area contributed by atoms with Crippen molar-refractivity contribution in [2.45, 2.75) is 12.8 Å². The first-order valence-electron chi connectivity index (χ1n) is 6.56. The molecule has 2 aromatic rings. The van der Waals surface area contributed by atoms with Crippen molar-refractivity contribution in [3.05, 3.63) is 69.8 Å². The van der Waals surface area contributed by atoms with Crippen LogP contribution in [0.15, 0.2) is 36.4 Å². The van der Waals surface area contributed by atoms with Crippen LogP contribution in [0.5, 0.6) is 0 Å². The summed E-state index contributed by atoms with van der Waals surface area (Å²) in [5.74, 6) is 0.708. The highest BCUT2D eigenvalue weighted by Gasteiger charge is 2.23. The zero-order valence-electron chi connectivity index (χ0n) is 12.4. The van der Waals surface area contributed by atoms with Crippen molar-refractivity contribution in [1.82, 2.24) is 0 Å². The summed E-state index contributed by atoms with van der Waals surface area (Å²) < 4.78 is 0. The maximum absolute atomic E-state index is 5.80. The summed E-state index contributed by atoms with van der Waals surface area (Å²) in [6.45, 7) is 0. The van der Waals surface area contributed by atoms with Crippen LogP contribution in [0.25, 0.3) is 0 Å². The molecular formula is C16H20Cl2N4O. The molecule has 0 amide bonds. The van der Waals surface area contributed by atoms with Gasteiger partial charge in [0.1, 0.15) is 0 Å². The fourth-order valence-corrected chi connectivity index (χ4v) is 2.94. The van der Waals surface area contributed by atoms with Crippen molar-refractivity contribution >= 4 is 11.7 Å². The van der Waals surface area contributed by atoms with Crippen molar-refractivity contribution in [2.75, 3.05) is 0 Å². The molecule has 1 aliphatic carbocycles. The summed E-state index contributed by atoms with van der Waals surface area (Å²) >= 11 is 0. The first-order valence-corrected chi connectivity index (χ1v) is 6.56. The van der Waals surface area contributed by atoms with Crippen LogP contribution >= 0.6 is 0 Å². The first kappa shape index (κ1) is 20.9. The summed E-state index contributed by atoms with van der Waals surface area (Å²) in [4.78, 5) is 0. The molecule has 23 heavy (non-hydrogen) atoms. The standard InChI is InChI=1S/C16H16N4.2ClH.H2O/c17-15(18)11-5-1-3-9-7-10-4-2-6-12(16(19)20)14(10)8-13(9)11;;;/h1-6H,7-8H2,(H3,17,18)(H3,19,20);2*1H;1H2. The largest absolute Gasteiger partial charge is 1.00 e. The molecule has 0 atom stereocenters. The van der Waals surface area contributed by atoms with Gasteiger partial charge in [0.05, 0.1) is 11.1 Å². The molecule has 0 heterocycles. The number of nitrogens with two attached hydrogens (primary N) is 4. The Morgan fingerprint density at radius 1 is 0.739 bits per heavy atom. The lowest BCUT2D eigenvalue weighted by atomic mass is 9.81. The average molecular weight is 355 g/mol. The van der Waals surface area contributed by atoms with Gasteiger partial charge in [-0.1, -0.05) is 24.3 Å². The highest BCUT2D eigenvalue weighted by molar-refractivity contribution is 5.96. The quantitative estimate of drug-likeness (QED) is 0.268. The third-order valence-corrected chi connectivity index (χ3v) is 3.90. The molecular weight excluding hydrogens is 335 g/mol. The van der Waals surface area contributed by atoms with E-state index in [1.165, 1.54) is 22.3 Å². The summed E-state index contributed by atoms with van der Waals surface area (Å²) in [6.07, 6.45) is 1.61. The van der Waals surface area contributed by atoms with Crippen LogP contribution in [0.1, 0.15) is 33.4 Å². The van der Waals surface area contributed by atoms with Crippen molar-refractivity contribution in [1.29, 1.82) is 0 Å². The van der Waals surface area contributed by atoms with Gasteiger partial charge in [0.15, 0.2) is 0 Å². The number of halogens is 2. The second-order valence-electron chi connectivity index (χ2n) is 5.15. The molecule has 2 aromatic carbocycles. The summed E-state index contributed by atoms with van der Waals surface area (Å²) in [6, 6.07) is 12.1. The molecule has 0 aromatic heterocycles. The third kappa shape index (κ3) is 3.64. The zero-order chi connectivity index (χ0) is 14.3. The van der Waals surface area contributed by atoms with E-state index >= 15 is 0 Å². The molecule has 0 aliphatic heterocycles. The minimum Gasteiger partial charge on any atom is -1.00 e. The van der Waals surface area contributed by atoms with Crippen molar-refractivity contribution in [3.63, 3.8) is 0 Å². The van der Waals surface area contributed by atoms with Gasteiger partial charge in [0, 0.05) is 0 Å². The molecule has 0 spiro atoms. The van der Waals surface area contributed by atoms with Crippen LogP contribution in [0, 0.1) is 0 Å². The summed E-state index contributed by atoms with van der Waals surface area (Å²) in [7, 11) is 0. The Labute approximate surface area is 147 Å². The predicted octanol–water partition coefficient (Wildman–Crippen LogP) is -8.71. The van der Waals surface area contributed by atoms with Crippen LogP contribution in [0.3, 0.4) is 0 Å². The van der Waals surface area contributed by atoms with Gasteiger partial charge < -0.3 is 30.3 Å². The van der Waals surface area contributed by atoms with Gasteiger partial charge in [0.25, 0.3) is 11.7 Å². The number of hydrogen-bond acceptors (Lipinski definition) is 0. The molecule has 0 fully saturated rings. The monoisotopic (exact) mass is 354 g/mol. The fraction of sp³-hybridized carbons (Fsp3) is 0.125. The second kappa shape index (κ2) is 7.97. The van der Waals surface area contributed by atoms with Crippen LogP contribution in [0.4, 0.5) is 0 Å². The van der Waals surface area contributed by atoms with Gasteiger partial charge in [0.2, 0.25) is 0 Å². The van der Waals surface area contributed by atoms with E-state index in [2.05, 4.69) is 12.1 Å². The molecule has 7 heteroatoms. The highest BCUT2D eigenvalue weighted by Crippen LogP contribution is 2.30. The van der Waals surface area contributed by atoms with E-state index in [0.717, 1.165) is 24.0 Å². The van der Waals surface area contributed by atoms with Crippen molar-refractivity contribution < 1.29 is 41.1 Å². The molecule has 0 radical (unpaired) electrons. The van der Waals surface area contributed by atoms with Gasteiger partial charge in [-0.2, -0.15) is 0 Å². The van der Waals surface area contributed by atoms with Gasteiger partial charge in [-0.05, 0) is 47.2 Å². The lowest BCUT2D eigenvalue weighted by molar-refractivity contribution is -0.115. The number of hydrogen-bond donors (Lipinski definition) is 4. The van der Waals surface area contributed by atoms with E-state index in [4.69, 9.17) is 22.3 Å². The van der Waals surface area contributed by atoms with Crippen LogP contribution in [-0.4, -0.2) is 17.1 Å². The average Bonchev–Trinajstić information content (AvgIpc) is 2.43. The van der Waals surface area contributed by atoms with Gasteiger partial charge in [-0.15, -0.1) is 0 Å². The Morgan fingerprint density at radius 3 is 1.48 bits per heavy atom. The predicted molar refractivity (Wildman–Crippen MR) is 82.6 cm³/mol. The van der Waals surface area contributed by atoms with Crippen LogP contribution in [0.2, 0.25) is 0 Å². The molecule has 10 N–H and O–H groups in total. The maximum Gasteiger partial charge on any atom is 0.270 e. The van der Waals surface area contributed by atoms with Crippen molar-refractivity contribution in [3.8, 4) is 0 Å². The number of amidine groups is 2. The third-order valence-electron chi connectivity index (χ3n) is 3.90. The van der Waals surface area contributed by atoms with Gasteiger partial charge in [-0.3, -0.25) is 22.3 Å². The van der Waals surface area contributed by atoms with E-state index in [1.807, 2.05) is 24.3 Å². The Morgan fingerprint density at radius 2 is 1.13 bits per heavy atom. The Bertz CT molecular complexity index is 685. The normalized spacial score (nSPS) is 10.8. The minimum atomic E-state index is 0. The van der Waals surface area contributed by atoms with E-state index < -0.39 is 0 Å². The SMILES string of the molecule is NC(=[NH2+])c1cccc2c1Cc1c(cccc1C(N)=[NH2+])C2.O.[Cl-].[Cl-]. The van der Waals surface area contributed by atoms with Crippen LogP contribution in [-0.2, 0) is 12.8 Å². The topological polar surface area (TPSA) is 135 Å². The molecule has 0 saturated carbocycles. The fourth-order valence-electron chi connectivity index (χ4n) is 2.94. The summed E-state index contributed by atoms with van der Waals surface area (Å²) in [5.41, 5.74) is 18.3. The zero-order valence-corrected chi connectivity index (χ0v) is 14.0. The molecule has 0 bridgehead atoms. The number of rotatable bonds is 2. The van der Waals surface area contributed by atoms with Crippen LogP contribution < -0.4 is 47.1 Å². The summed E-state index contributed by atoms with van der Waals surface area (Å²) in [5, 5.41) is 11.6. The Kier molecular flexibility index (Phi) is 7.25. The van der Waals surface area contributed by atoms with Gasteiger partial charge >= 0.3 is 0 Å². The van der Waals surface area contributed by atoms with E-state index in [1.54, 1.807) is 0 Å². The smallest absolute Gasteiger partial charge is 0.270 e. The van der Waals surface area contributed by atoms with E-state index in [-0.39, 0.29) is 30.3 Å². The van der Waals surface area contributed by atoms with E-state index in [0.29, 0.717) is 11.7 Å². The molecule has 0 saturated heterocycles. The molecule has 124 valence electrons. The minimum absolute atomic E-state index is 0. The molecule has 3 rings (SSSR count). The maximum atomic E-state index is 5.80. The number of benzene rings is 2. The van der Waals surface area contributed by atoms with Gasteiger partial charge in [-0.25, -0.2) is 0 Å². The molecule has 0 unspecified atom stereocenters. The number of fused-ring (bicyclic) bond motifs is 2. The Hall–Kier alpha value is -2.08. The second-order valence-corrected chi connectivity index (χ2v) is 5.15.